The maximum atomic E-state index is 11.2. The van der Waals surface area contributed by atoms with Gasteiger partial charge in [0.2, 0.25) is 0 Å². The van der Waals surface area contributed by atoms with Gasteiger partial charge in [0.15, 0.2) is 0 Å². The lowest BCUT2D eigenvalue weighted by Gasteiger charge is -2.23. The summed E-state index contributed by atoms with van der Waals surface area (Å²) in [6.45, 7) is 1.42. The van der Waals surface area contributed by atoms with Crippen LogP contribution in [-0.4, -0.2) is 5.97 Å². The van der Waals surface area contributed by atoms with Gasteiger partial charge in [-0.3, -0.25) is 4.79 Å². The van der Waals surface area contributed by atoms with Crippen molar-refractivity contribution in [2.24, 2.45) is 0 Å². The highest BCUT2D eigenvalue weighted by Gasteiger charge is 2.31. The molecule has 3 heteroatoms. The van der Waals surface area contributed by atoms with Gasteiger partial charge in [-0.15, -0.1) is 0 Å². The monoisotopic (exact) mass is 291 g/mol. The quantitative estimate of drug-likeness (QED) is 0.797. The number of halogens is 1. The molecule has 0 unspecified atom stereocenters. The smallest absolute Gasteiger partial charge is 0.303 e. The van der Waals surface area contributed by atoms with Crippen molar-refractivity contribution < 1.29 is 9.53 Å². The van der Waals surface area contributed by atoms with Crippen molar-refractivity contribution in [3.05, 3.63) is 65.9 Å². The molecule has 0 heterocycles. The Kier molecular flexibility index (Phi) is 4.21. The Labute approximate surface area is 110 Å². The van der Waals surface area contributed by atoms with E-state index in [4.69, 9.17) is 4.74 Å². The van der Waals surface area contributed by atoms with E-state index in [9.17, 15) is 4.79 Å². The van der Waals surface area contributed by atoms with E-state index in [0.717, 1.165) is 16.0 Å². The van der Waals surface area contributed by atoms with Crippen LogP contribution in [0.4, 0.5) is 0 Å². The summed E-state index contributed by atoms with van der Waals surface area (Å²) in [5.41, 5.74) is 0.953. The molecule has 0 bridgehead atoms. The van der Waals surface area contributed by atoms with E-state index < -0.39 is 0 Å². The third kappa shape index (κ3) is 3.09. The number of carbonyl (C=O) groups is 1. The van der Waals surface area contributed by atoms with Gasteiger partial charge < -0.3 is 4.74 Å². The molecule has 0 aromatic heterocycles. The van der Waals surface area contributed by atoms with Gasteiger partial charge in [-0.2, -0.15) is 0 Å². The lowest BCUT2D eigenvalue weighted by molar-refractivity contribution is -0.145. The van der Waals surface area contributed by atoms with Crippen LogP contribution in [0.25, 0.3) is 0 Å². The van der Waals surface area contributed by atoms with Crippen LogP contribution in [0.15, 0.2) is 28.7 Å². The third-order valence-corrected chi connectivity index (χ3v) is 3.18. The highest BCUT2D eigenvalue weighted by atomic mass is 79.9. The van der Waals surface area contributed by atoms with Gasteiger partial charge in [-0.05, 0) is 31.7 Å². The maximum absolute atomic E-state index is 11.2. The summed E-state index contributed by atoms with van der Waals surface area (Å²) in [4.78, 5) is 11.2. The van der Waals surface area contributed by atoms with Crippen LogP contribution in [0.2, 0.25) is 0 Å². The fourth-order valence-corrected chi connectivity index (χ4v) is 2.22. The van der Waals surface area contributed by atoms with Crippen molar-refractivity contribution in [2.45, 2.75) is 13.0 Å². The fourth-order valence-electron chi connectivity index (χ4n) is 1.73. The minimum atomic E-state index is -0.349. The molecule has 1 aromatic rings. The average molecular weight is 292 g/mol. The lowest BCUT2D eigenvalue weighted by atomic mass is 9.94. The molecule has 0 N–H and O–H groups in total. The topological polar surface area (TPSA) is 26.3 Å². The van der Waals surface area contributed by atoms with Crippen LogP contribution in [-0.2, 0) is 9.53 Å². The zero-order valence-electron chi connectivity index (χ0n) is 9.39. The first kappa shape index (κ1) is 12.6. The van der Waals surface area contributed by atoms with Crippen LogP contribution in [0, 0.1) is 31.6 Å². The van der Waals surface area contributed by atoms with Gasteiger partial charge in [0.05, 0.1) is 0 Å². The van der Waals surface area contributed by atoms with Crippen molar-refractivity contribution in [1.29, 1.82) is 0 Å². The molecule has 1 aliphatic carbocycles. The Balaban J connectivity index is 2.25. The number of ether oxygens (including phenoxy) is 1. The molecule has 1 saturated carbocycles. The third-order valence-electron chi connectivity index (χ3n) is 2.46. The molecule has 1 aromatic carbocycles. The van der Waals surface area contributed by atoms with Crippen LogP contribution in [0.5, 0.6) is 0 Å². The molecule has 1 aliphatic rings. The highest BCUT2D eigenvalue weighted by Crippen LogP contribution is 2.40. The molecule has 1 fully saturated rings. The summed E-state index contributed by atoms with van der Waals surface area (Å²) < 4.78 is 6.33. The lowest BCUT2D eigenvalue weighted by Crippen LogP contribution is -2.16. The zero-order chi connectivity index (χ0) is 12.3. The number of carbonyl (C=O) groups excluding carboxylic acids is 1. The van der Waals surface area contributed by atoms with Gasteiger partial charge in [-0.1, -0.05) is 34.1 Å². The number of rotatable bonds is 3. The minimum Gasteiger partial charge on any atom is -0.457 e. The number of hydrogen-bond acceptors (Lipinski definition) is 2. The first-order valence-corrected chi connectivity index (χ1v) is 6.11. The predicted octanol–water partition coefficient (Wildman–Crippen LogP) is 3.46. The van der Waals surface area contributed by atoms with Crippen LogP contribution in [0.3, 0.4) is 0 Å². The Morgan fingerprint density at radius 1 is 1.24 bits per heavy atom. The second kappa shape index (κ2) is 5.67. The van der Waals surface area contributed by atoms with E-state index >= 15 is 0 Å². The van der Waals surface area contributed by atoms with Gasteiger partial charge in [-0.25, -0.2) is 0 Å². The number of esters is 1. The molecule has 0 aliphatic heterocycles. The minimum absolute atomic E-state index is 0.285. The molecule has 0 spiro atoms. The standard InChI is InChI=1S/C14H12BrO2/c1-10(16)17-14(11-6-2-3-7-11)12-8-4-5-9-13(12)15/h2-9,14H,1H3/t14-/m0/s1. The van der Waals surface area contributed by atoms with Crippen molar-refractivity contribution >= 4 is 21.9 Å². The van der Waals surface area contributed by atoms with E-state index in [0.29, 0.717) is 0 Å². The Bertz CT molecular complexity index is 397. The molecule has 5 radical (unpaired) electrons. The first-order chi connectivity index (χ1) is 8.18. The largest absolute Gasteiger partial charge is 0.457 e. The van der Waals surface area contributed by atoms with E-state index in [1.807, 2.05) is 49.9 Å². The Hall–Kier alpha value is -0.830. The summed E-state index contributed by atoms with van der Waals surface area (Å²) in [6.07, 6.45) is 7.42. The summed E-state index contributed by atoms with van der Waals surface area (Å²) in [5.74, 6) is 0.694. The molecule has 0 saturated heterocycles. The zero-order valence-corrected chi connectivity index (χ0v) is 11.0. The van der Waals surface area contributed by atoms with Crippen LogP contribution in [0.1, 0.15) is 18.6 Å². The van der Waals surface area contributed by atoms with Crippen LogP contribution < -0.4 is 0 Å². The molecule has 2 nitrogen and oxygen atoms in total. The van der Waals surface area contributed by atoms with Crippen molar-refractivity contribution in [3.8, 4) is 0 Å². The molecule has 2 rings (SSSR count). The SMILES string of the molecule is CC(=O)O[C@@H]([C]1[CH][CH][CH][CH]1)c1ccccc1Br. The predicted molar refractivity (Wildman–Crippen MR) is 69.1 cm³/mol. The maximum Gasteiger partial charge on any atom is 0.303 e. The van der Waals surface area contributed by atoms with Gasteiger partial charge >= 0.3 is 5.97 Å². The Morgan fingerprint density at radius 2 is 1.88 bits per heavy atom. The fraction of sp³-hybridized carbons (Fsp3) is 0.143. The number of hydrogen-bond donors (Lipinski definition) is 0. The Morgan fingerprint density at radius 3 is 2.47 bits per heavy atom. The molecular formula is C14H12BrO2. The molecule has 0 amide bonds. The summed E-state index contributed by atoms with van der Waals surface area (Å²) >= 11 is 3.48. The first-order valence-electron chi connectivity index (χ1n) is 5.31. The van der Waals surface area contributed by atoms with Crippen LogP contribution >= 0.6 is 15.9 Å². The summed E-state index contributed by atoms with van der Waals surface area (Å²) in [7, 11) is 0. The van der Waals surface area contributed by atoms with Crippen molar-refractivity contribution in [1.82, 2.24) is 0 Å². The average Bonchev–Trinajstić information content (AvgIpc) is 2.80. The van der Waals surface area contributed by atoms with Crippen molar-refractivity contribution in [3.63, 3.8) is 0 Å². The van der Waals surface area contributed by atoms with E-state index in [1.165, 1.54) is 6.92 Å². The van der Waals surface area contributed by atoms with Gasteiger partial charge in [0, 0.05) is 22.9 Å². The highest BCUT2D eigenvalue weighted by molar-refractivity contribution is 9.10. The van der Waals surface area contributed by atoms with E-state index in [1.54, 1.807) is 0 Å². The molecule has 1 atom stereocenters. The van der Waals surface area contributed by atoms with E-state index in [2.05, 4.69) is 15.9 Å². The normalized spacial score (nSPS) is 18.0. The van der Waals surface area contributed by atoms with Gasteiger partial charge in [0.1, 0.15) is 6.10 Å². The van der Waals surface area contributed by atoms with E-state index in [-0.39, 0.29) is 12.1 Å². The molecule has 87 valence electrons. The molecular weight excluding hydrogens is 280 g/mol. The second-order valence-electron chi connectivity index (χ2n) is 3.73. The number of benzene rings is 1. The van der Waals surface area contributed by atoms with Gasteiger partial charge in [0.25, 0.3) is 0 Å². The summed E-state index contributed by atoms with van der Waals surface area (Å²) in [6, 6.07) is 7.75. The molecule has 17 heavy (non-hydrogen) atoms. The summed E-state index contributed by atoms with van der Waals surface area (Å²) in [5, 5.41) is 0. The second-order valence-corrected chi connectivity index (χ2v) is 4.58. The van der Waals surface area contributed by atoms with Crippen molar-refractivity contribution in [2.75, 3.05) is 0 Å².